The first kappa shape index (κ1) is 13.2. The van der Waals surface area contributed by atoms with Crippen molar-refractivity contribution in [3.8, 4) is 5.75 Å². The summed E-state index contributed by atoms with van der Waals surface area (Å²) >= 11 is 0. The van der Waals surface area contributed by atoms with Crippen molar-refractivity contribution >= 4 is 17.0 Å². The van der Waals surface area contributed by atoms with Gasteiger partial charge in [-0.3, -0.25) is 0 Å². The van der Waals surface area contributed by atoms with Crippen LogP contribution in [-0.4, -0.2) is 27.7 Å². The molecule has 0 spiro atoms. The Labute approximate surface area is 121 Å². The van der Waals surface area contributed by atoms with Crippen LogP contribution in [0.3, 0.4) is 0 Å². The standard InChI is InChI=1S/C16H14N2O3/c1-21-13-5-2-11(3-6-13)9-18-10-17-14-7-4-12(16(19)20)8-15(14)18/h2-8,10H,9H2,1H3,(H,19,20). The van der Waals surface area contributed by atoms with Crippen molar-refractivity contribution in [2.45, 2.75) is 6.54 Å². The number of methoxy groups -OCH3 is 1. The van der Waals surface area contributed by atoms with Crippen LogP contribution in [0.1, 0.15) is 15.9 Å². The summed E-state index contributed by atoms with van der Waals surface area (Å²) in [5, 5.41) is 9.08. The second kappa shape index (κ2) is 5.28. The molecule has 0 aliphatic heterocycles. The van der Waals surface area contributed by atoms with Gasteiger partial charge in [0.05, 0.1) is 30.0 Å². The number of imidazole rings is 1. The molecule has 21 heavy (non-hydrogen) atoms. The summed E-state index contributed by atoms with van der Waals surface area (Å²) in [5.41, 5.74) is 2.95. The fourth-order valence-corrected chi connectivity index (χ4v) is 2.24. The van der Waals surface area contributed by atoms with E-state index < -0.39 is 5.97 Å². The summed E-state index contributed by atoms with van der Waals surface area (Å²) in [7, 11) is 1.63. The van der Waals surface area contributed by atoms with Crippen LogP contribution in [0, 0.1) is 0 Å². The van der Waals surface area contributed by atoms with Crippen LogP contribution in [-0.2, 0) is 6.54 Å². The second-order valence-corrected chi connectivity index (χ2v) is 4.73. The molecule has 0 radical (unpaired) electrons. The van der Waals surface area contributed by atoms with Gasteiger partial charge in [-0.2, -0.15) is 0 Å². The molecule has 1 aromatic heterocycles. The van der Waals surface area contributed by atoms with E-state index >= 15 is 0 Å². The van der Waals surface area contributed by atoms with Crippen LogP contribution in [0.2, 0.25) is 0 Å². The van der Waals surface area contributed by atoms with E-state index in [1.54, 1.807) is 31.6 Å². The van der Waals surface area contributed by atoms with Crippen LogP contribution in [0.25, 0.3) is 11.0 Å². The molecule has 0 aliphatic carbocycles. The summed E-state index contributed by atoms with van der Waals surface area (Å²) in [6.07, 6.45) is 1.72. The lowest BCUT2D eigenvalue weighted by molar-refractivity contribution is 0.0697. The third-order valence-corrected chi connectivity index (χ3v) is 3.38. The molecule has 2 aromatic carbocycles. The molecule has 5 heteroatoms. The molecule has 0 fully saturated rings. The second-order valence-electron chi connectivity index (χ2n) is 4.73. The summed E-state index contributed by atoms with van der Waals surface area (Å²) < 4.78 is 7.07. The Balaban J connectivity index is 1.95. The zero-order chi connectivity index (χ0) is 14.8. The number of hydrogen-bond donors (Lipinski definition) is 1. The number of carboxylic acids is 1. The molecule has 1 heterocycles. The molecule has 5 nitrogen and oxygen atoms in total. The maximum absolute atomic E-state index is 11.1. The molecule has 3 rings (SSSR count). The zero-order valence-electron chi connectivity index (χ0n) is 11.5. The number of carbonyl (C=O) groups is 1. The average Bonchev–Trinajstić information content (AvgIpc) is 2.90. The first-order chi connectivity index (χ1) is 10.2. The van der Waals surface area contributed by atoms with Gasteiger partial charge in [0.1, 0.15) is 5.75 Å². The summed E-state index contributed by atoms with van der Waals surface area (Å²) in [6.45, 7) is 0.629. The number of nitrogens with zero attached hydrogens (tertiary/aromatic N) is 2. The number of ether oxygens (including phenoxy) is 1. The molecule has 0 saturated carbocycles. The van der Waals surface area contributed by atoms with Gasteiger partial charge >= 0.3 is 5.97 Å². The molecule has 0 aliphatic rings. The van der Waals surface area contributed by atoms with E-state index in [1.165, 1.54) is 0 Å². The molecule has 1 N–H and O–H groups in total. The molecule has 0 saturated heterocycles. The van der Waals surface area contributed by atoms with Gasteiger partial charge in [0.15, 0.2) is 0 Å². The van der Waals surface area contributed by atoms with E-state index in [0.717, 1.165) is 22.3 Å². The van der Waals surface area contributed by atoms with Crippen LogP contribution in [0.15, 0.2) is 48.8 Å². The normalized spacial score (nSPS) is 10.7. The minimum Gasteiger partial charge on any atom is -0.497 e. The summed E-state index contributed by atoms with van der Waals surface area (Å²) in [6, 6.07) is 12.7. The molecular weight excluding hydrogens is 268 g/mol. The van der Waals surface area contributed by atoms with Crippen LogP contribution < -0.4 is 4.74 Å². The third-order valence-electron chi connectivity index (χ3n) is 3.38. The van der Waals surface area contributed by atoms with E-state index in [1.807, 2.05) is 28.8 Å². The van der Waals surface area contributed by atoms with Gasteiger partial charge in [-0.15, -0.1) is 0 Å². The number of hydrogen-bond acceptors (Lipinski definition) is 3. The molecular formula is C16H14N2O3. The molecule has 0 unspecified atom stereocenters. The molecule has 0 amide bonds. The summed E-state index contributed by atoms with van der Waals surface area (Å²) in [4.78, 5) is 15.4. The largest absolute Gasteiger partial charge is 0.497 e. The highest BCUT2D eigenvalue weighted by molar-refractivity contribution is 5.92. The number of aromatic nitrogens is 2. The van der Waals surface area contributed by atoms with Gasteiger partial charge in [0, 0.05) is 6.54 Å². The predicted octanol–water partition coefficient (Wildman–Crippen LogP) is 2.79. The Morgan fingerprint density at radius 3 is 2.67 bits per heavy atom. The molecule has 106 valence electrons. The minimum atomic E-state index is -0.936. The van der Waals surface area contributed by atoms with Crippen molar-refractivity contribution in [3.05, 3.63) is 59.9 Å². The SMILES string of the molecule is COc1ccc(Cn2cnc3ccc(C(=O)O)cc32)cc1. The Bertz CT molecular complexity index is 791. The lowest BCUT2D eigenvalue weighted by atomic mass is 10.2. The maximum Gasteiger partial charge on any atom is 0.335 e. The highest BCUT2D eigenvalue weighted by Crippen LogP contribution is 2.18. The predicted molar refractivity (Wildman–Crippen MR) is 78.8 cm³/mol. The Hall–Kier alpha value is -2.82. The van der Waals surface area contributed by atoms with Crippen molar-refractivity contribution < 1.29 is 14.6 Å². The lowest BCUT2D eigenvalue weighted by Crippen LogP contribution is -2.00. The van der Waals surface area contributed by atoms with Crippen molar-refractivity contribution in [3.63, 3.8) is 0 Å². The van der Waals surface area contributed by atoms with Crippen molar-refractivity contribution in [2.75, 3.05) is 7.11 Å². The number of carboxylic acid groups (broad SMARTS) is 1. The van der Waals surface area contributed by atoms with E-state index in [2.05, 4.69) is 4.98 Å². The Kier molecular flexibility index (Phi) is 3.31. The van der Waals surface area contributed by atoms with E-state index in [4.69, 9.17) is 9.84 Å². The highest BCUT2D eigenvalue weighted by Gasteiger charge is 2.08. The monoisotopic (exact) mass is 282 g/mol. The van der Waals surface area contributed by atoms with Gasteiger partial charge in [0.25, 0.3) is 0 Å². The fraction of sp³-hybridized carbons (Fsp3) is 0.125. The van der Waals surface area contributed by atoms with Crippen molar-refractivity contribution in [1.29, 1.82) is 0 Å². The van der Waals surface area contributed by atoms with Crippen molar-refractivity contribution in [2.24, 2.45) is 0 Å². The number of aromatic carboxylic acids is 1. The van der Waals surface area contributed by atoms with Gasteiger partial charge in [-0.25, -0.2) is 9.78 Å². The topological polar surface area (TPSA) is 64.4 Å². The molecule has 0 bridgehead atoms. The molecule has 3 aromatic rings. The number of benzene rings is 2. The van der Waals surface area contributed by atoms with Crippen LogP contribution in [0.4, 0.5) is 0 Å². The Morgan fingerprint density at radius 2 is 2.00 bits per heavy atom. The quantitative estimate of drug-likeness (QED) is 0.799. The van der Waals surface area contributed by atoms with E-state index in [9.17, 15) is 4.79 Å². The fourth-order valence-electron chi connectivity index (χ4n) is 2.24. The van der Waals surface area contributed by atoms with E-state index in [0.29, 0.717) is 6.54 Å². The third kappa shape index (κ3) is 2.58. The minimum absolute atomic E-state index is 0.263. The van der Waals surface area contributed by atoms with Gasteiger partial charge in [0.2, 0.25) is 0 Å². The van der Waals surface area contributed by atoms with Gasteiger partial charge in [-0.05, 0) is 35.9 Å². The maximum atomic E-state index is 11.1. The van der Waals surface area contributed by atoms with Crippen LogP contribution in [0.5, 0.6) is 5.75 Å². The lowest BCUT2D eigenvalue weighted by Gasteiger charge is -2.06. The number of fused-ring (bicyclic) bond motifs is 1. The Morgan fingerprint density at radius 1 is 1.24 bits per heavy atom. The average molecular weight is 282 g/mol. The first-order valence-electron chi connectivity index (χ1n) is 6.48. The van der Waals surface area contributed by atoms with E-state index in [-0.39, 0.29) is 5.56 Å². The molecule has 0 atom stereocenters. The zero-order valence-corrected chi connectivity index (χ0v) is 11.5. The smallest absolute Gasteiger partial charge is 0.335 e. The summed E-state index contributed by atoms with van der Waals surface area (Å²) in [5.74, 6) is -0.128. The van der Waals surface area contributed by atoms with Gasteiger partial charge < -0.3 is 14.4 Å². The number of rotatable bonds is 4. The first-order valence-corrected chi connectivity index (χ1v) is 6.48. The van der Waals surface area contributed by atoms with Gasteiger partial charge in [-0.1, -0.05) is 12.1 Å². The van der Waals surface area contributed by atoms with Crippen molar-refractivity contribution in [1.82, 2.24) is 9.55 Å². The van der Waals surface area contributed by atoms with Crippen LogP contribution >= 0.6 is 0 Å². The highest BCUT2D eigenvalue weighted by atomic mass is 16.5.